The minimum absolute atomic E-state index is 1.12. The molecule has 10 N–H and O–H groups in total. The normalized spacial score (nSPS) is 10.3. The Morgan fingerprint density at radius 1 is 0.500 bits per heavy atom. The van der Waals surface area contributed by atoms with Crippen LogP contribution in [0.1, 0.15) is 149 Å². The van der Waals surface area contributed by atoms with Crippen molar-refractivity contribution in [2.45, 2.75) is 155 Å². The highest BCUT2D eigenvalue weighted by Gasteiger charge is 2.29. The van der Waals surface area contributed by atoms with E-state index in [4.69, 9.17) is 5.11 Å². The Morgan fingerprint density at radius 2 is 0.725 bits per heavy atom. The third kappa shape index (κ3) is 43.3. The molecule has 0 amide bonds. The van der Waals surface area contributed by atoms with Gasteiger partial charge in [-0.3, -0.25) is 0 Å². The summed E-state index contributed by atoms with van der Waals surface area (Å²) in [6, 6.07) is 0. The molecule has 0 bridgehead atoms. The molecule has 0 unspecified atom stereocenters. The first kappa shape index (κ1) is 45.2. The molecule has 0 aliphatic carbocycles. The van der Waals surface area contributed by atoms with Crippen LogP contribution in [0.2, 0.25) is 0 Å². The predicted molar refractivity (Wildman–Crippen MR) is 153 cm³/mol. The van der Waals surface area contributed by atoms with Gasteiger partial charge in [0.15, 0.2) is 0 Å². The van der Waals surface area contributed by atoms with Crippen molar-refractivity contribution >= 4 is 17.9 Å². The summed E-state index contributed by atoms with van der Waals surface area (Å²) >= 11 is 0. The largest absolute Gasteiger partial charge is 0.550 e. The Morgan fingerprint density at radius 3 is 0.900 bits per heavy atom. The van der Waals surface area contributed by atoms with Gasteiger partial charge in [-0.05, 0) is 38.5 Å². The van der Waals surface area contributed by atoms with E-state index in [9.17, 15) is 29.7 Å². The number of rotatable bonds is 23. The molecule has 0 aliphatic heterocycles. The number of carbonyl (C=O) groups is 3. The van der Waals surface area contributed by atoms with Gasteiger partial charge in [0.25, 0.3) is 0 Å². The first-order valence-electron chi connectivity index (χ1n) is 15.7. The van der Waals surface area contributed by atoms with Crippen molar-refractivity contribution in [3.05, 3.63) is 0 Å². The van der Waals surface area contributed by atoms with Gasteiger partial charge in [-0.15, -0.1) is 0 Å². The lowest BCUT2D eigenvalue weighted by atomic mass is 9.96. The number of aliphatic hydroxyl groups is 1. The highest BCUT2D eigenvalue weighted by molar-refractivity contribution is 5.86. The Hall–Kier alpha value is -1.75. The SMILES string of the molecule is CCCCCCCC[NH3+].CCCCCCCC[NH3+].CCCCCCCC[NH3+].O=C([O-])CC(O)(CC(=O)[O-])C(=O)[O-]. The van der Waals surface area contributed by atoms with Crippen LogP contribution < -0.4 is 32.5 Å². The molecule has 0 spiro atoms. The van der Waals surface area contributed by atoms with Crippen molar-refractivity contribution in [1.82, 2.24) is 0 Å². The molecule has 0 saturated heterocycles. The first-order chi connectivity index (χ1) is 19.0. The van der Waals surface area contributed by atoms with Crippen molar-refractivity contribution in [2.75, 3.05) is 19.6 Å². The van der Waals surface area contributed by atoms with Crippen molar-refractivity contribution < 1.29 is 52.0 Å². The summed E-state index contributed by atoms with van der Waals surface area (Å²) in [5, 5.41) is 38.9. The number of carboxylic acids is 3. The molecule has 40 heavy (non-hydrogen) atoms. The van der Waals surface area contributed by atoms with Gasteiger partial charge in [-0.1, -0.05) is 97.8 Å². The van der Waals surface area contributed by atoms with Crippen molar-refractivity contribution in [3.63, 3.8) is 0 Å². The minimum atomic E-state index is -2.97. The third-order valence-electron chi connectivity index (χ3n) is 6.06. The number of quaternary nitrogens is 3. The molecule has 0 heterocycles. The number of carbonyl (C=O) groups excluding carboxylic acids is 3. The molecular weight excluding hydrogens is 514 g/mol. The second-order valence-electron chi connectivity index (χ2n) is 10.3. The van der Waals surface area contributed by atoms with Crippen molar-refractivity contribution in [1.29, 1.82) is 0 Å². The predicted octanol–water partition coefficient (Wildman–Crippen LogP) is -0.486. The van der Waals surface area contributed by atoms with Gasteiger partial charge in [0.2, 0.25) is 0 Å². The highest BCUT2D eigenvalue weighted by Crippen LogP contribution is 2.13. The van der Waals surface area contributed by atoms with E-state index in [-0.39, 0.29) is 0 Å². The zero-order valence-corrected chi connectivity index (χ0v) is 26.3. The zero-order valence-electron chi connectivity index (χ0n) is 26.3. The Kier molecular flexibility index (Phi) is 42.1. The molecule has 10 heteroatoms. The summed E-state index contributed by atoms with van der Waals surface area (Å²) < 4.78 is 0. The molecule has 0 aromatic carbocycles. The maximum atomic E-state index is 10.1. The van der Waals surface area contributed by atoms with E-state index in [2.05, 4.69) is 38.0 Å². The van der Waals surface area contributed by atoms with Crippen LogP contribution in [-0.4, -0.2) is 48.2 Å². The lowest BCUT2D eigenvalue weighted by molar-refractivity contribution is -0.368. The van der Waals surface area contributed by atoms with Crippen LogP contribution >= 0.6 is 0 Å². The number of hydrogen-bond donors (Lipinski definition) is 4. The van der Waals surface area contributed by atoms with Crippen LogP contribution in [0.4, 0.5) is 0 Å². The quantitative estimate of drug-likeness (QED) is 0.116. The fraction of sp³-hybridized carbons (Fsp3) is 0.900. The van der Waals surface area contributed by atoms with Crippen LogP contribution in [0.15, 0.2) is 0 Å². The molecule has 0 aromatic rings. The van der Waals surface area contributed by atoms with E-state index < -0.39 is 36.4 Å². The Balaban J connectivity index is -0.000000219. The van der Waals surface area contributed by atoms with Gasteiger partial charge in [0.05, 0.1) is 25.6 Å². The molecule has 0 aromatic heterocycles. The molecule has 0 fully saturated rings. The van der Waals surface area contributed by atoms with E-state index in [1.165, 1.54) is 116 Å². The van der Waals surface area contributed by atoms with E-state index in [1.807, 2.05) is 0 Å². The topological polar surface area (TPSA) is 224 Å². The molecule has 0 saturated carbocycles. The lowest BCUT2D eigenvalue weighted by Gasteiger charge is -2.29. The van der Waals surface area contributed by atoms with Gasteiger partial charge in [0.1, 0.15) is 5.60 Å². The zero-order chi connectivity index (χ0) is 31.5. The van der Waals surface area contributed by atoms with Crippen LogP contribution in [0.3, 0.4) is 0 Å². The maximum Gasteiger partial charge on any atom is 0.114 e. The second-order valence-corrected chi connectivity index (χ2v) is 10.3. The molecule has 0 aliphatic rings. The standard InChI is InChI=1S/3C8H19N.C6H8O7/c3*1-2-3-4-5-6-7-8-9;7-3(8)1-6(13,5(11)12)2-4(9)10/h3*2-9H2,1H3;13H,1-2H2,(H,7,8)(H,9,10)(H,11,12). The highest BCUT2D eigenvalue weighted by atomic mass is 16.4. The fourth-order valence-corrected chi connectivity index (χ4v) is 3.56. The number of carboxylic acid groups (broad SMARTS) is 3. The van der Waals surface area contributed by atoms with Crippen LogP contribution in [-0.2, 0) is 14.4 Å². The van der Waals surface area contributed by atoms with Gasteiger partial charge >= 0.3 is 0 Å². The Labute approximate surface area is 244 Å². The summed E-state index contributed by atoms with van der Waals surface area (Å²) in [6.07, 6.45) is 22.3. The maximum absolute atomic E-state index is 10.1. The van der Waals surface area contributed by atoms with Gasteiger partial charge in [-0.2, -0.15) is 0 Å². The summed E-state index contributed by atoms with van der Waals surface area (Å²) in [6.45, 7) is 10.1. The minimum Gasteiger partial charge on any atom is -0.550 e. The second kappa shape index (κ2) is 37.2. The average molecular weight is 580 g/mol. The Bertz CT molecular complexity index is 482. The molecular formula is C30H65N3O7. The number of unbranched alkanes of at least 4 members (excludes halogenated alkanes) is 15. The summed E-state index contributed by atoms with van der Waals surface area (Å²) in [4.78, 5) is 30.0. The molecule has 0 radical (unpaired) electrons. The van der Waals surface area contributed by atoms with E-state index >= 15 is 0 Å². The van der Waals surface area contributed by atoms with Gasteiger partial charge in [0, 0.05) is 24.8 Å². The average Bonchev–Trinajstić information content (AvgIpc) is 2.89. The number of hydrogen-bond acceptors (Lipinski definition) is 7. The number of aliphatic carboxylic acids is 3. The third-order valence-corrected chi connectivity index (χ3v) is 6.06. The van der Waals surface area contributed by atoms with E-state index in [0.29, 0.717) is 0 Å². The molecule has 0 rings (SSSR count). The summed E-state index contributed by atoms with van der Waals surface area (Å²) in [5.41, 5.74) is 8.44. The first-order valence-corrected chi connectivity index (χ1v) is 15.7. The van der Waals surface area contributed by atoms with E-state index in [0.717, 1.165) is 19.6 Å². The van der Waals surface area contributed by atoms with Crippen molar-refractivity contribution in [2.24, 2.45) is 0 Å². The summed E-state index contributed by atoms with van der Waals surface area (Å²) in [5.74, 6) is -5.98. The van der Waals surface area contributed by atoms with Crippen LogP contribution in [0.5, 0.6) is 0 Å². The fourth-order valence-electron chi connectivity index (χ4n) is 3.56. The molecule has 10 nitrogen and oxygen atoms in total. The monoisotopic (exact) mass is 579 g/mol. The summed E-state index contributed by atoms with van der Waals surface area (Å²) in [7, 11) is 0. The van der Waals surface area contributed by atoms with Gasteiger partial charge < -0.3 is 52.0 Å². The van der Waals surface area contributed by atoms with Crippen molar-refractivity contribution in [3.8, 4) is 0 Å². The smallest absolute Gasteiger partial charge is 0.114 e. The van der Waals surface area contributed by atoms with Crippen LogP contribution in [0, 0.1) is 0 Å². The lowest BCUT2D eigenvalue weighted by Crippen LogP contribution is -2.54. The van der Waals surface area contributed by atoms with E-state index in [1.54, 1.807) is 0 Å². The van der Waals surface area contributed by atoms with Gasteiger partial charge in [-0.25, -0.2) is 0 Å². The molecule has 242 valence electrons. The molecule has 0 atom stereocenters. The van der Waals surface area contributed by atoms with Crippen LogP contribution in [0.25, 0.3) is 0 Å².